The van der Waals surface area contributed by atoms with Gasteiger partial charge in [-0.05, 0) is 29.8 Å². The minimum Gasteiger partial charge on any atom is -0.465 e. The number of pyridine rings is 1. The van der Waals surface area contributed by atoms with Gasteiger partial charge in [0.25, 0.3) is 0 Å². The molecule has 0 spiro atoms. The number of hydrogen-bond donors (Lipinski definition) is 0. The van der Waals surface area contributed by atoms with Gasteiger partial charge in [0.05, 0.1) is 33.8 Å². The lowest BCUT2D eigenvalue weighted by Crippen LogP contribution is -2.05. The fraction of sp³-hybridized carbons (Fsp3) is 0.0476. The van der Waals surface area contributed by atoms with Crippen LogP contribution in [0.25, 0.3) is 32.9 Å². The molecule has 134 valence electrons. The third-order valence-electron chi connectivity index (χ3n) is 4.37. The van der Waals surface area contributed by atoms with E-state index in [-0.39, 0.29) is 0 Å². The van der Waals surface area contributed by atoms with Gasteiger partial charge in [0.2, 0.25) is 0 Å². The Morgan fingerprint density at radius 1 is 0.926 bits per heavy atom. The standard InChI is InChI=1S/C21H12Cl3NO2/c1-27-21(26)20-12-5-2-3-7-16(12)25-17-8-4-6-13(19(17)20)18-14(23)9-11(22)10-15(18)24/h2-10H,1H3. The fourth-order valence-electron chi connectivity index (χ4n) is 3.26. The third kappa shape index (κ3) is 3.02. The van der Waals surface area contributed by atoms with Gasteiger partial charge in [-0.15, -0.1) is 0 Å². The van der Waals surface area contributed by atoms with Gasteiger partial charge in [-0.2, -0.15) is 0 Å². The predicted molar refractivity (Wildman–Crippen MR) is 111 cm³/mol. The van der Waals surface area contributed by atoms with Gasteiger partial charge in [-0.1, -0.05) is 65.1 Å². The van der Waals surface area contributed by atoms with Gasteiger partial charge in [0.15, 0.2) is 0 Å². The molecule has 0 fully saturated rings. The number of ether oxygens (including phenoxy) is 1. The molecular formula is C21H12Cl3NO2. The highest BCUT2D eigenvalue weighted by Crippen LogP contribution is 2.42. The zero-order valence-electron chi connectivity index (χ0n) is 14.1. The van der Waals surface area contributed by atoms with Gasteiger partial charge in [-0.3, -0.25) is 0 Å². The lowest BCUT2D eigenvalue weighted by Gasteiger charge is -2.15. The molecule has 3 nitrogen and oxygen atoms in total. The number of halogens is 3. The second-order valence-corrected chi connectivity index (χ2v) is 7.19. The van der Waals surface area contributed by atoms with Crippen molar-refractivity contribution in [3.8, 4) is 11.1 Å². The summed E-state index contributed by atoms with van der Waals surface area (Å²) in [6.45, 7) is 0. The average Bonchev–Trinajstić information content (AvgIpc) is 2.65. The van der Waals surface area contributed by atoms with Crippen LogP contribution in [0, 0.1) is 0 Å². The van der Waals surface area contributed by atoms with E-state index < -0.39 is 5.97 Å². The molecule has 0 aliphatic carbocycles. The summed E-state index contributed by atoms with van der Waals surface area (Å²) in [5.41, 5.74) is 3.06. The molecule has 0 aliphatic rings. The van der Waals surface area contributed by atoms with Crippen LogP contribution < -0.4 is 0 Å². The number of methoxy groups -OCH3 is 1. The predicted octanol–water partition coefficient (Wildman–Crippen LogP) is 6.80. The number of hydrogen-bond acceptors (Lipinski definition) is 3. The maximum absolute atomic E-state index is 12.7. The molecule has 0 unspecified atom stereocenters. The highest BCUT2D eigenvalue weighted by Gasteiger charge is 2.22. The van der Waals surface area contributed by atoms with Crippen LogP contribution in [0.2, 0.25) is 15.1 Å². The summed E-state index contributed by atoms with van der Waals surface area (Å²) in [7, 11) is 1.36. The number of carbonyl (C=O) groups excluding carboxylic acids is 1. The molecule has 0 radical (unpaired) electrons. The van der Waals surface area contributed by atoms with Gasteiger partial charge >= 0.3 is 5.97 Å². The fourth-order valence-corrected chi connectivity index (χ4v) is 4.29. The van der Waals surface area contributed by atoms with E-state index in [4.69, 9.17) is 44.5 Å². The van der Waals surface area contributed by atoms with Crippen molar-refractivity contribution < 1.29 is 9.53 Å². The quantitative estimate of drug-likeness (QED) is 0.266. The van der Waals surface area contributed by atoms with Crippen LogP contribution >= 0.6 is 34.8 Å². The molecule has 4 aromatic rings. The highest BCUT2D eigenvalue weighted by molar-refractivity contribution is 6.42. The Labute approximate surface area is 170 Å². The van der Waals surface area contributed by atoms with Crippen LogP contribution in [0.5, 0.6) is 0 Å². The number of fused-ring (bicyclic) bond motifs is 2. The molecule has 27 heavy (non-hydrogen) atoms. The molecule has 1 aromatic heterocycles. The van der Waals surface area contributed by atoms with Crippen LogP contribution in [-0.2, 0) is 4.74 Å². The number of carbonyl (C=O) groups is 1. The minimum absolute atomic E-state index is 0.393. The molecule has 0 aliphatic heterocycles. The van der Waals surface area contributed by atoms with Gasteiger partial charge < -0.3 is 4.74 Å². The van der Waals surface area contributed by atoms with Crippen LogP contribution in [0.3, 0.4) is 0 Å². The van der Waals surface area contributed by atoms with E-state index in [1.165, 1.54) is 7.11 Å². The lowest BCUT2D eigenvalue weighted by atomic mass is 9.94. The van der Waals surface area contributed by atoms with Crippen LogP contribution in [0.4, 0.5) is 0 Å². The van der Waals surface area contributed by atoms with Gasteiger partial charge in [-0.25, -0.2) is 9.78 Å². The van der Waals surface area contributed by atoms with Crippen molar-refractivity contribution in [2.24, 2.45) is 0 Å². The summed E-state index contributed by atoms with van der Waals surface area (Å²) in [6.07, 6.45) is 0. The largest absolute Gasteiger partial charge is 0.465 e. The molecule has 1 heterocycles. The summed E-state index contributed by atoms with van der Waals surface area (Å²) in [5.74, 6) is -0.452. The first-order valence-corrected chi connectivity index (χ1v) is 9.19. The Balaban J connectivity index is 2.22. The molecule has 0 bridgehead atoms. The maximum Gasteiger partial charge on any atom is 0.339 e. The Bertz CT molecular complexity index is 1200. The molecule has 0 saturated carbocycles. The molecule has 0 amide bonds. The highest BCUT2D eigenvalue weighted by atomic mass is 35.5. The number of para-hydroxylation sites is 1. The second-order valence-electron chi connectivity index (χ2n) is 5.94. The maximum atomic E-state index is 12.7. The van der Waals surface area contributed by atoms with Crippen molar-refractivity contribution in [2.75, 3.05) is 7.11 Å². The summed E-state index contributed by atoms with van der Waals surface area (Å²) < 4.78 is 5.07. The van der Waals surface area contributed by atoms with Crippen LogP contribution in [-0.4, -0.2) is 18.1 Å². The molecule has 6 heteroatoms. The monoisotopic (exact) mass is 415 g/mol. The first kappa shape index (κ1) is 18.1. The molecule has 0 saturated heterocycles. The number of rotatable bonds is 2. The Morgan fingerprint density at radius 2 is 1.59 bits per heavy atom. The van der Waals surface area contributed by atoms with Crippen molar-refractivity contribution in [1.82, 2.24) is 4.98 Å². The summed E-state index contributed by atoms with van der Waals surface area (Å²) in [6, 6.07) is 16.2. The minimum atomic E-state index is -0.452. The van der Waals surface area contributed by atoms with Crippen molar-refractivity contribution in [1.29, 1.82) is 0 Å². The van der Waals surface area contributed by atoms with E-state index in [1.807, 2.05) is 42.5 Å². The number of nitrogens with zero attached hydrogens (tertiary/aromatic N) is 1. The van der Waals surface area contributed by atoms with E-state index >= 15 is 0 Å². The molecule has 3 aromatic carbocycles. The van der Waals surface area contributed by atoms with E-state index in [0.717, 1.165) is 0 Å². The summed E-state index contributed by atoms with van der Waals surface area (Å²) in [4.78, 5) is 17.4. The molecular weight excluding hydrogens is 405 g/mol. The first-order valence-electron chi connectivity index (χ1n) is 8.06. The Kier molecular flexibility index (Phi) is 4.68. The zero-order chi connectivity index (χ0) is 19.1. The Morgan fingerprint density at radius 3 is 2.30 bits per heavy atom. The summed E-state index contributed by atoms with van der Waals surface area (Å²) in [5, 5.41) is 2.55. The molecule has 4 rings (SSSR count). The molecule has 0 N–H and O–H groups in total. The van der Waals surface area contributed by atoms with Gasteiger partial charge in [0, 0.05) is 21.4 Å². The zero-order valence-corrected chi connectivity index (χ0v) is 16.4. The lowest BCUT2D eigenvalue weighted by molar-refractivity contribution is 0.0605. The average molecular weight is 417 g/mol. The van der Waals surface area contributed by atoms with Gasteiger partial charge in [0.1, 0.15) is 0 Å². The number of esters is 1. The van der Waals surface area contributed by atoms with E-state index in [9.17, 15) is 4.79 Å². The SMILES string of the molecule is COC(=O)c1c2ccccc2nc2cccc(-c3c(Cl)cc(Cl)cc3Cl)c12. The van der Waals surface area contributed by atoms with Crippen molar-refractivity contribution >= 4 is 62.6 Å². The van der Waals surface area contributed by atoms with E-state index in [1.54, 1.807) is 12.1 Å². The number of benzene rings is 3. The smallest absolute Gasteiger partial charge is 0.339 e. The van der Waals surface area contributed by atoms with Crippen LogP contribution in [0.15, 0.2) is 54.6 Å². The molecule has 0 atom stereocenters. The first-order chi connectivity index (χ1) is 13.0. The van der Waals surface area contributed by atoms with Crippen LogP contribution in [0.1, 0.15) is 10.4 Å². The third-order valence-corrected chi connectivity index (χ3v) is 5.19. The van der Waals surface area contributed by atoms with Crippen molar-refractivity contribution in [2.45, 2.75) is 0 Å². The van der Waals surface area contributed by atoms with Crippen molar-refractivity contribution in [3.63, 3.8) is 0 Å². The normalized spacial score (nSPS) is 11.1. The topological polar surface area (TPSA) is 39.2 Å². The van der Waals surface area contributed by atoms with Crippen molar-refractivity contribution in [3.05, 3.63) is 75.2 Å². The number of aromatic nitrogens is 1. The van der Waals surface area contributed by atoms with E-state index in [2.05, 4.69) is 0 Å². The van der Waals surface area contributed by atoms with E-state index in [0.29, 0.717) is 53.6 Å². The summed E-state index contributed by atoms with van der Waals surface area (Å²) >= 11 is 19.0. The second kappa shape index (κ2) is 7.01. The Hall–Kier alpha value is -2.33.